The van der Waals surface area contributed by atoms with Gasteiger partial charge in [-0.05, 0) is 6.07 Å². The van der Waals surface area contributed by atoms with Gasteiger partial charge in [-0.25, -0.2) is 18.2 Å². The maximum Gasteiger partial charge on any atom is 0.283 e. The first-order chi connectivity index (χ1) is 6.60. The third-order valence-corrected chi connectivity index (χ3v) is 1.53. The van der Waals surface area contributed by atoms with Crippen molar-refractivity contribution in [2.75, 3.05) is 0 Å². The van der Waals surface area contributed by atoms with Gasteiger partial charge in [0.05, 0.1) is 17.9 Å². The lowest BCUT2D eigenvalue weighted by Gasteiger charge is -2.04. The smallest absolute Gasteiger partial charge is 0.283 e. The number of aliphatic hydroxyl groups is 1. The van der Waals surface area contributed by atoms with E-state index in [4.69, 9.17) is 10.4 Å². The molecule has 0 radical (unpaired) electrons. The standard InChI is InChI=1S/C8H5F3N2O/c9-6-4(2-12)1-5(3-14)13-7(6)8(10)11/h1,8,14H,3H2. The van der Waals surface area contributed by atoms with E-state index in [1.165, 1.54) is 6.07 Å². The lowest BCUT2D eigenvalue weighted by Crippen LogP contribution is -2.03. The number of aliphatic hydroxyl groups excluding tert-OH is 1. The second-order valence-electron chi connectivity index (χ2n) is 2.43. The van der Waals surface area contributed by atoms with E-state index in [1.807, 2.05) is 0 Å². The fraction of sp³-hybridized carbons (Fsp3) is 0.250. The van der Waals surface area contributed by atoms with E-state index in [0.29, 0.717) is 0 Å². The molecule has 0 saturated heterocycles. The molecular formula is C8H5F3N2O. The van der Waals surface area contributed by atoms with Crippen LogP contribution in [-0.4, -0.2) is 10.1 Å². The zero-order chi connectivity index (χ0) is 10.7. The number of alkyl halides is 2. The van der Waals surface area contributed by atoms with Gasteiger partial charge in [-0.2, -0.15) is 5.26 Å². The van der Waals surface area contributed by atoms with Crippen LogP contribution in [0.4, 0.5) is 13.2 Å². The Morgan fingerprint density at radius 3 is 2.64 bits per heavy atom. The predicted octanol–water partition coefficient (Wildman–Crippen LogP) is 1.52. The van der Waals surface area contributed by atoms with Gasteiger partial charge in [0.25, 0.3) is 6.43 Å². The molecule has 14 heavy (non-hydrogen) atoms. The van der Waals surface area contributed by atoms with Gasteiger partial charge >= 0.3 is 0 Å². The van der Waals surface area contributed by atoms with Crippen LogP contribution in [0.25, 0.3) is 0 Å². The molecule has 1 rings (SSSR count). The van der Waals surface area contributed by atoms with Crippen molar-refractivity contribution >= 4 is 0 Å². The van der Waals surface area contributed by atoms with Crippen LogP contribution in [-0.2, 0) is 6.61 Å². The third-order valence-electron chi connectivity index (χ3n) is 1.53. The highest BCUT2D eigenvalue weighted by atomic mass is 19.3. The van der Waals surface area contributed by atoms with Gasteiger partial charge in [0.15, 0.2) is 5.82 Å². The highest BCUT2D eigenvalue weighted by Crippen LogP contribution is 2.22. The van der Waals surface area contributed by atoms with Crippen molar-refractivity contribution in [3.8, 4) is 6.07 Å². The first-order valence-corrected chi connectivity index (χ1v) is 3.58. The van der Waals surface area contributed by atoms with Crippen LogP contribution >= 0.6 is 0 Å². The van der Waals surface area contributed by atoms with E-state index in [2.05, 4.69) is 4.98 Å². The highest BCUT2D eigenvalue weighted by Gasteiger charge is 2.19. The number of pyridine rings is 1. The zero-order valence-electron chi connectivity index (χ0n) is 6.84. The number of hydrogen-bond donors (Lipinski definition) is 1. The van der Waals surface area contributed by atoms with Crippen LogP contribution in [0.2, 0.25) is 0 Å². The zero-order valence-corrected chi connectivity index (χ0v) is 6.84. The number of nitrogens with zero attached hydrogens (tertiary/aromatic N) is 2. The summed E-state index contributed by atoms with van der Waals surface area (Å²) in [5.74, 6) is -1.33. The first kappa shape index (κ1) is 10.5. The Balaban J connectivity index is 3.36. The summed E-state index contributed by atoms with van der Waals surface area (Å²) in [4.78, 5) is 3.17. The second-order valence-corrected chi connectivity index (χ2v) is 2.43. The van der Waals surface area contributed by atoms with E-state index < -0.39 is 30.1 Å². The molecule has 0 fully saturated rings. The molecular weight excluding hydrogens is 197 g/mol. The van der Waals surface area contributed by atoms with Crippen LogP contribution in [0.3, 0.4) is 0 Å². The normalized spacial score (nSPS) is 10.3. The Labute approximate surface area is 77.4 Å². The van der Waals surface area contributed by atoms with E-state index in [0.717, 1.165) is 6.07 Å². The monoisotopic (exact) mass is 202 g/mol. The lowest BCUT2D eigenvalue weighted by molar-refractivity contribution is 0.139. The molecule has 1 N–H and O–H groups in total. The van der Waals surface area contributed by atoms with E-state index in [9.17, 15) is 13.2 Å². The van der Waals surface area contributed by atoms with Gasteiger partial charge in [-0.15, -0.1) is 0 Å². The Morgan fingerprint density at radius 1 is 1.57 bits per heavy atom. The summed E-state index contributed by atoms with van der Waals surface area (Å²) in [6.45, 7) is -0.616. The molecule has 0 saturated carbocycles. The van der Waals surface area contributed by atoms with E-state index >= 15 is 0 Å². The molecule has 0 amide bonds. The number of halogens is 3. The molecule has 0 bridgehead atoms. The Kier molecular flexibility index (Phi) is 3.04. The van der Waals surface area contributed by atoms with Crippen molar-refractivity contribution < 1.29 is 18.3 Å². The van der Waals surface area contributed by atoms with Crippen molar-refractivity contribution in [1.29, 1.82) is 5.26 Å². The van der Waals surface area contributed by atoms with E-state index in [-0.39, 0.29) is 5.69 Å². The molecule has 0 aliphatic heterocycles. The summed E-state index contributed by atoms with van der Waals surface area (Å²) < 4.78 is 37.3. The SMILES string of the molecule is N#Cc1cc(CO)nc(C(F)F)c1F. The van der Waals surface area contributed by atoms with Gasteiger partial charge in [0.2, 0.25) is 0 Å². The van der Waals surface area contributed by atoms with Crippen LogP contribution in [0.15, 0.2) is 6.07 Å². The third kappa shape index (κ3) is 1.83. The maximum atomic E-state index is 13.0. The van der Waals surface area contributed by atoms with Gasteiger partial charge in [0, 0.05) is 0 Å². The number of rotatable bonds is 2. The van der Waals surface area contributed by atoms with Crippen molar-refractivity contribution in [2.24, 2.45) is 0 Å². The first-order valence-electron chi connectivity index (χ1n) is 3.58. The lowest BCUT2D eigenvalue weighted by atomic mass is 10.2. The molecule has 0 aromatic carbocycles. The number of aromatic nitrogens is 1. The molecule has 0 aliphatic carbocycles. The van der Waals surface area contributed by atoms with Crippen LogP contribution in [0.5, 0.6) is 0 Å². The quantitative estimate of drug-likeness (QED) is 0.790. The average Bonchev–Trinajstić information content (AvgIpc) is 2.17. The summed E-state index contributed by atoms with van der Waals surface area (Å²) >= 11 is 0. The summed E-state index contributed by atoms with van der Waals surface area (Å²) in [5, 5.41) is 17.0. The van der Waals surface area contributed by atoms with Crippen molar-refractivity contribution in [2.45, 2.75) is 13.0 Å². The minimum Gasteiger partial charge on any atom is -0.390 e. The molecule has 1 heterocycles. The molecule has 3 nitrogen and oxygen atoms in total. The van der Waals surface area contributed by atoms with Gasteiger partial charge in [-0.3, -0.25) is 0 Å². The summed E-state index contributed by atoms with van der Waals surface area (Å²) in [5.41, 5.74) is -1.80. The number of hydrogen-bond acceptors (Lipinski definition) is 3. The fourth-order valence-corrected chi connectivity index (χ4v) is 0.911. The van der Waals surface area contributed by atoms with Gasteiger partial charge in [-0.1, -0.05) is 0 Å². The number of nitriles is 1. The van der Waals surface area contributed by atoms with Crippen molar-refractivity contribution in [3.63, 3.8) is 0 Å². The molecule has 0 atom stereocenters. The molecule has 6 heteroatoms. The molecule has 1 aromatic heterocycles. The van der Waals surface area contributed by atoms with Crippen molar-refractivity contribution in [3.05, 3.63) is 28.8 Å². The van der Waals surface area contributed by atoms with Crippen LogP contribution < -0.4 is 0 Å². The predicted molar refractivity (Wildman–Crippen MR) is 39.8 cm³/mol. The highest BCUT2D eigenvalue weighted by molar-refractivity contribution is 5.34. The molecule has 0 unspecified atom stereocenters. The van der Waals surface area contributed by atoms with E-state index in [1.54, 1.807) is 0 Å². The fourth-order valence-electron chi connectivity index (χ4n) is 0.911. The molecule has 74 valence electrons. The molecule has 1 aromatic rings. The van der Waals surface area contributed by atoms with Crippen molar-refractivity contribution in [1.82, 2.24) is 4.98 Å². The summed E-state index contributed by atoms with van der Waals surface area (Å²) in [6, 6.07) is 2.34. The summed E-state index contributed by atoms with van der Waals surface area (Å²) in [7, 11) is 0. The maximum absolute atomic E-state index is 13.0. The van der Waals surface area contributed by atoms with Gasteiger partial charge < -0.3 is 5.11 Å². The minimum absolute atomic E-state index is 0.154. The summed E-state index contributed by atoms with van der Waals surface area (Å²) in [6.07, 6.45) is -3.10. The average molecular weight is 202 g/mol. The van der Waals surface area contributed by atoms with Gasteiger partial charge in [0.1, 0.15) is 11.8 Å². The molecule has 0 aliphatic rings. The topological polar surface area (TPSA) is 56.9 Å². The minimum atomic E-state index is -3.10. The second kappa shape index (κ2) is 4.07. The Morgan fingerprint density at radius 2 is 2.21 bits per heavy atom. The van der Waals surface area contributed by atoms with Crippen LogP contribution in [0, 0.1) is 17.1 Å². The molecule has 0 spiro atoms. The largest absolute Gasteiger partial charge is 0.390 e. The Bertz CT molecular complexity index is 387. The Hall–Kier alpha value is -1.61. The van der Waals surface area contributed by atoms with Crippen LogP contribution in [0.1, 0.15) is 23.4 Å².